The molecule has 3 aromatic carbocycles. The number of hydrogen-bond donors (Lipinski definition) is 2. The van der Waals surface area contributed by atoms with Crippen LogP contribution < -0.4 is 10.5 Å². The second-order valence-electron chi connectivity index (χ2n) is 6.12. The Morgan fingerprint density at radius 2 is 1.96 bits per heavy atom. The summed E-state index contributed by atoms with van der Waals surface area (Å²) in [5, 5.41) is 33.0. The van der Waals surface area contributed by atoms with E-state index in [4.69, 9.17) is 10.5 Å². The van der Waals surface area contributed by atoms with Crippen LogP contribution in [0.15, 0.2) is 66.1 Å². The molecule has 7 nitrogen and oxygen atoms in total. The second-order valence-corrected chi connectivity index (χ2v) is 6.12. The normalized spacial score (nSPS) is 15.7. The lowest BCUT2D eigenvalue weighted by Crippen LogP contribution is -2.21. The Balaban J connectivity index is 2.05. The van der Waals surface area contributed by atoms with Crippen molar-refractivity contribution in [3.05, 3.63) is 87.3 Å². The summed E-state index contributed by atoms with van der Waals surface area (Å²) in [6.45, 7) is 0. The van der Waals surface area contributed by atoms with Crippen LogP contribution in [0.25, 0.3) is 10.8 Å². The third-order valence-electron chi connectivity index (χ3n) is 4.65. The minimum atomic E-state index is -0.703. The highest BCUT2D eigenvalue weighted by atomic mass is 16.6. The number of nitrogens with zero attached hydrogens (tertiary/aromatic N) is 2. The summed E-state index contributed by atoms with van der Waals surface area (Å²) in [6, 6.07) is 17.0. The first-order valence-corrected chi connectivity index (χ1v) is 8.07. The number of rotatable bonds is 2. The van der Waals surface area contributed by atoms with Gasteiger partial charge < -0.3 is 15.6 Å². The van der Waals surface area contributed by atoms with Crippen molar-refractivity contribution in [3.63, 3.8) is 0 Å². The van der Waals surface area contributed by atoms with Crippen LogP contribution in [-0.2, 0) is 0 Å². The molecule has 0 fully saturated rings. The lowest BCUT2D eigenvalue weighted by Gasteiger charge is -2.27. The molecule has 0 aliphatic carbocycles. The predicted molar refractivity (Wildman–Crippen MR) is 98.0 cm³/mol. The molecule has 0 spiro atoms. The molecule has 4 rings (SSSR count). The van der Waals surface area contributed by atoms with Gasteiger partial charge in [-0.1, -0.05) is 30.3 Å². The number of non-ortho nitro benzene ring substituents is 1. The molecule has 1 aliphatic heterocycles. The number of fused-ring (bicyclic) bond motifs is 2. The average Bonchev–Trinajstić information content (AvgIpc) is 2.66. The number of nitriles is 1. The standard InChI is InChI=1S/C20H13N3O4/c21-10-15-18(19-13-4-2-1-3-11(13)5-8-16(19)24)14-7-6-12(23(25)26)9-17(14)27-20(15)22/h1-9,18,24H,22H2/t18-/m0/s1. The van der Waals surface area contributed by atoms with Crippen molar-refractivity contribution in [1.29, 1.82) is 5.26 Å². The van der Waals surface area contributed by atoms with E-state index in [0.717, 1.165) is 10.8 Å². The number of allylic oxidation sites excluding steroid dienone is 1. The maximum Gasteiger partial charge on any atom is 0.273 e. The molecule has 3 aromatic rings. The van der Waals surface area contributed by atoms with Gasteiger partial charge in [0.15, 0.2) is 0 Å². The van der Waals surface area contributed by atoms with E-state index < -0.39 is 10.8 Å². The van der Waals surface area contributed by atoms with E-state index in [2.05, 4.69) is 6.07 Å². The fraction of sp³-hybridized carbons (Fsp3) is 0.0500. The molecule has 0 radical (unpaired) electrons. The van der Waals surface area contributed by atoms with E-state index >= 15 is 0 Å². The Morgan fingerprint density at radius 3 is 2.70 bits per heavy atom. The number of ether oxygens (including phenoxy) is 1. The van der Waals surface area contributed by atoms with Crippen LogP contribution in [-0.4, -0.2) is 10.0 Å². The van der Waals surface area contributed by atoms with Crippen LogP contribution >= 0.6 is 0 Å². The van der Waals surface area contributed by atoms with Crippen molar-refractivity contribution < 1.29 is 14.8 Å². The molecule has 7 heteroatoms. The van der Waals surface area contributed by atoms with E-state index in [1.807, 2.05) is 24.3 Å². The highest BCUT2D eigenvalue weighted by molar-refractivity contribution is 5.89. The van der Waals surface area contributed by atoms with Gasteiger partial charge in [-0.15, -0.1) is 0 Å². The van der Waals surface area contributed by atoms with E-state index in [0.29, 0.717) is 11.1 Å². The molecule has 0 amide bonds. The lowest BCUT2D eigenvalue weighted by atomic mass is 9.81. The summed E-state index contributed by atoms with van der Waals surface area (Å²) in [6.07, 6.45) is 0. The molecule has 0 bridgehead atoms. The van der Waals surface area contributed by atoms with Crippen molar-refractivity contribution in [2.45, 2.75) is 5.92 Å². The van der Waals surface area contributed by atoms with Gasteiger partial charge in [-0.3, -0.25) is 10.1 Å². The lowest BCUT2D eigenvalue weighted by molar-refractivity contribution is -0.384. The molecule has 0 saturated carbocycles. The first-order valence-electron chi connectivity index (χ1n) is 8.07. The van der Waals surface area contributed by atoms with Crippen molar-refractivity contribution in [3.8, 4) is 17.6 Å². The van der Waals surface area contributed by atoms with Gasteiger partial charge in [0, 0.05) is 17.2 Å². The molecule has 1 aliphatic rings. The Kier molecular flexibility index (Phi) is 3.67. The Hall–Kier alpha value is -4.05. The highest BCUT2D eigenvalue weighted by Crippen LogP contribution is 2.47. The zero-order chi connectivity index (χ0) is 19.1. The second kappa shape index (κ2) is 6.04. The van der Waals surface area contributed by atoms with Crippen molar-refractivity contribution in [2.24, 2.45) is 5.73 Å². The summed E-state index contributed by atoms with van der Waals surface area (Å²) in [7, 11) is 0. The number of phenols is 1. The molecule has 0 saturated heterocycles. The summed E-state index contributed by atoms with van der Waals surface area (Å²) in [5.41, 5.74) is 6.96. The molecular weight excluding hydrogens is 346 g/mol. The number of benzene rings is 3. The molecule has 132 valence electrons. The van der Waals surface area contributed by atoms with Gasteiger partial charge in [-0.2, -0.15) is 5.26 Å². The average molecular weight is 359 g/mol. The van der Waals surface area contributed by atoms with Crippen molar-refractivity contribution in [1.82, 2.24) is 0 Å². The minimum absolute atomic E-state index is 0.00505. The maximum atomic E-state index is 11.1. The number of nitro groups is 1. The fourth-order valence-corrected chi connectivity index (χ4v) is 3.44. The van der Waals surface area contributed by atoms with Crippen LogP contribution in [0.3, 0.4) is 0 Å². The topological polar surface area (TPSA) is 122 Å². The molecule has 1 atom stereocenters. The first kappa shape index (κ1) is 16.4. The zero-order valence-corrected chi connectivity index (χ0v) is 13.9. The van der Waals surface area contributed by atoms with Crippen LogP contribution in [0.1, 0.15) is 17.0 Å². The van der Waals surface area contributed by atoms with Gasteiger partial charge in [0.1, 0.15) is 23.1 Å². The van der Waals surface area contributed by atoms with Crippen LogP contribution in [0.5, 0.6) is 11.5 Å². The molecule has 27 heavy (non-hydrogen) atoms. The Bertz CT molecular complexity index is 1180. The van der Waals surface area contributed by atoms with E-state index in [1.54, 1.807) is 12.1 Å². The van der Waals surface area contributed by atoms with Crippen LogP contribution in [0.4, 0.5) is 5.69 Å². The molecular formula is C20H13N3O4. The zero-order valence-electron chi connectivity index (χ0n) is 13.9. The summed E-state index contributed by atoms with van der Waals surface area (Å²) >= 11 is 0. The number of nitrogens with two attached hydrogens (primary N) is 1. The van der Waals surface area contributed by atoms with Gasteiger partial charge in [0.2, 0.25) is 5.88 Å². The van der Waals surface area contributed by atoms with Crippen LogP contribution in [0, 0.1) is 21.4 Å². The van der Waals surface area contributed by atoms with Gasteiger partial charge >= 0.3 is 0 Å². The Labute approximate surface area is 153 Å². The number of phenolic OH excluding ortho intramolecular Hbond substituents is 1. The van der Waals surface area contributed by atoms with E-state index in [-0.39, 0.29) is 28.6 Å². The minimum Gasteiger partial charge on any atom is -0.508 e. The summed E-state index contributed by atoms with van der Waals surface area (Å²) in [5.74, 6) is -0.642. The van der Waals surface area contributed by atoms with Crippen molar-refractivity contribution in [2.75, 3.05) is 0 Å². The summed E-state index contributed by atoms with van der Waals surface area (Å²) < 4.78 is 5.48. The quantitative estimate of drug-likeness (QED) is 0.531. The number of nitro benzene ring substituents is 1. The van der Waals surface area contributed by atoms with Crippen LogP contribution in [0.2, 0.25) is 0 Å². The largest absolute Gasteiger partial charge is 0.508 e. The van der Waals surface area contributed by atoms with E-state index in [9.17, 15) is 20.5 Å². The third kappa shape index (κ3) is 2.51. The predicted octanol–water partition coefficient (Wildman–Crippen LogP) is 3.67. The Morgan fingerprint density at radius 1 is 1.19 bits per heavy atom. The molecule has 1 heterocycles. The number of aromatic hydroxyl groups is 1. The monoisotopic (exact) mass is 359 g/mol. The van der Waals surface area contributed by atoms with Crippen molar-refractivity contribution >= 4 is 16.5 Å². The summed E-state index contributed by atoms with van der Waals surface area (Å²) in [4.78, 5) is 10.5. The SMILES string of the molecule is N#CC1=C(N)Oc2cc([N+](=O)[O-])ccc2[C@@H]1c1c(O)ccc2ccccc12. The molecule has 0 aromatic heterocycles. The fourth-order valence-electron chi connectivity index (χ4n) is 3.44. The molecule has 0 unspecified atom stereocenters. The van der Waals surface area contributed by atoms with Gasteiger partial charge in [-0.25, -0.2) is 0 Å². The third-order valence-corrected chi connectivity index (χ3v) is 4.65. The van der Waals surface area contributed by atoms with Gasteiger partial charge in [0.05, 0.1) is 16.9 Å². The molecule has 3 N–H and O–H groups in total. The smallest absolute Gasteiger partial charge is 0.273 e. The van der Waals surface area contributed by atoms with Gasteiger partial charge in [0.25, 0.3) is 5.69 Å². The maximum absolute atomic E-state index is 11.1. The van der Waals surface area contributed by atoms with Gasteiger partial charge in [-0.05, 0) is 22.9 Å². The van der Waals surface area contributed by atoms with E-state index in [1.165, 1.54) is 18.2 Å². The number of hydrogen-bond acceptors (Lipinski definition) is 6. The highest BCUT2D eigenvalue weighted by Gasteiger charge is 2.34. The first-order chi connectivity index (χ1) is 13.0.